The fourth-order valence-electron chi connectivity index (χ4n) is 3.76. The number of rotatable bonds is 6. The summed E-state index contributed by atoms with van der Waals surface area (Å²) in [5.41, 5.74) is 20.3. The zero-order valence-corrected chi connectivity index (χ0v) is 23.2. The number of nitrogens with two attached hydrogens (primary N) is 2. The molecule has 0 amide bonds. The first kappa shape index (κ1) is 28.0. The fourth-order valence-corrected chi connectivity index (χ4v) is 5.52. The molecule has 0 saturated carbocycles. The van der Waals surface area contributed by atoms with Crippen molar-refractivity contribution in [1.82, 2.24) is 29.9 Å². The van der Waals surface area contributed by atoms with Crippen molar-refractivity contribution in [2.24, 2.45) is 0 Å². The molecule has 0 radical (unpaired) electrons. The molecule has 6 rings (SSSR count). The molecule has 0 aliphatic carbocycles. The van der Waals surface area contributed by atoms with Crippen LogP contribution < -0.4 is 11.5 Å². The van der Waals surface area contributed by atoms with Gasteiger partial charge in [0.25, 0.3) is 0 Å². The van der Waals surface area contributed by atoms with E-state index in [1.165, 1.54) is 11.1 Å². The number of aromatic amines is 2. The predicted molar refractivity (Wildman–Crippen MR) is 162 cm³/mol. The highest BCUT2D eigenvalue weighted by atomic mass is 32.2. The predicted octanol–water partition coefficient (Wildman–Crippen LogP) is 5.46. The van der Waals surface area contributed by atoms with Crippen LogP contribution in [0.3, 0.4) is 0 Å². The minimum Gasteiger partial charge on any atom is -0.412 e. The van der Waals surface area contributed by atoms with Gasteiger partial charge in [-0.15, -0.1) is 0 Å². The van der Waals surface area contributed by atoms with Crippen molar-refractivity contribution in [3.63, 3.8) is 0 Å². The molecule has 0 saturated heterocycles. The smallest absolute Gasteiger partial charge is 0.166 e. The first-order chi connectivity index (χ1) is 18.4. The Bertz CT molecular complexity index is 1570. The Kier molecular flexibility index (Phi) is 9.07. The lowest BCUT2D eigenvalue weighted by Crippen LogP contribution is -1.95. The number of nitrogens with zero attached hydrogens (tertiary/aromatic N) is 4. The average Bonchev–Trinajstić information content (AvgIpc) is 3.50. The molecular weight excluding hydrogens is 528 g/mol. The van der Waals surface area contributed by atoms with Crippen molar-refractivity contribution in [3.05, 3.63) is 95.3 Å². The highest BCUT2D eigenvalue weighted by Crippen LogP contribution is 2.26. The van der Waals surface area contributed by atoms with Crippen LogP contribution in [-0.4, -0.2) is 35.4 Å². The summed E-state index contributed by atoms with van der Waals surface area (Å²) in [6.07, 6.45) is 3.40. The molecule has 0 spiro atoms. The number of nitrogen functional groups attached to an aromatic ring is 2. The van der Waals surface area contributed by atoms with Gasteiger partial charge in [0.05, 0.1) is 22.1 Å². The van der Waals surface area contributed by atoms with Crippen LogP contribution in [0.4, 0.5) is 11.6 Å². The molecule has 6 aromatic rings. The van der Waals surface area contributed by atoms with Gasteiger partial charge < -0.3 is 26.9 Å². The van der Waals surface area contributed by atoms with Crippen LogP contribution in [0.5, 0.6) is 0 Å². The molecule has 0 fully saturated rings. The maximum absolute atomic E-state index is 5.82. The first-order valence-electron chi connectivity index (χ1n) is 12.0. The van der Waals surface area contributed by atoms with E-state index in [4.69, 9.17) is 11.5 Å². The van der Waals surface area contributed by atoms with E-state index in [-0.39, 0.29) is 5.48 Å². The summed E-state index contributed by atoms with van der Waals surface area (Å²) in [4.78, 5) is 23.9. The number of hydrogen-bond donors (Lipinski definition) is 4. The molecule has 8 N–H and O–H groups in total. The second-order valence-corrected chi connectivity index (χ2v) is 10.7. The number of pyridine rings is 2. The summed E-state index contributed by atoms with van der Waals surface area (Å²) in [7, 11) is 0. The van der Waals surface area contributed by atoms with E-state index in [0.29, 0.717) is 11.6 Å². The van der Waals surface area contributed by atoms with Gasteiger partial charge >= 0.3 is 0 Å². The Labute approximate surface area is 234 Å². The van der Waals surface area contributed by atoms with Crippen LogP contribution in [0, 0.1) is 13.8 Å². The van der Waals surface area contributed by atoms with Gasteiger partial charge in [-0.05, 0) is 61.4 Å². The highest BCUT2D eigenvalue weighted by molar-refractivity contribution is 7.98. The van der Waals surface area contributed by atoms with Gasteiger partial charge in [0.1, 0.15) is 11.6 Å². The fraction of sp³-hybridized carbons (Fsp3) is 0.143. The maximum atomic E-state index is 5.82. The van der Waals surface area contributed by atoms with Crippen molar-refractivity contribution < 1.29 is 5.48 Å². The van der Waals surface area contributed by atoms with E-state index in [0.717, 1.165) is 55.0 Å². The number of H-pyrrole nitrogens is 2. The topological polar surface area (TPSA) is 167 Å². The Balaban J connectivity index is 0.000000176. The van der Waals surface area contributed by atoms with Gasteiger partial charge in [-0.1, -0.05) is 47.8 Å². The number of aryl methyl sites for hydroxylation is 2. The summed E-state index contributed by atoms with van der Waals surface area (Å²) in [5, 5.41) is 1.81. The molecule has 2 aromatic carbocycles. The summed E-state index contributed by atoms with van der Waals surface area (Å²) >= 11 is 3.27. The van der Waals surface area contributed by atoms with Crippen molar-refractivity contribution in [2.75, 3.05) is 11.5 Å². The van der Waals surface area contributed by atoms with E-state index >= 15 is 0 Å². The molecule has 4 heterocycles. The van der Waals surface area contributed by atoms with Gasteiger partial charge in [-0.25, -0.2) is 19.9 Å². The van der Waals surface area contributed by atoms with Gasteiger partial charge in [-0.3, -0.25) is 0 Å². The summed E-state index contributed by atoms with van der Waals surface area (Å²) < 4.78 is 0. The quantitative estimate of drug-likeness (QED) is 0.196. The largest absolute Gasteiger partial charge is 0.412 e. The van der Waals surface area contributed by atoms with E-state index in [1.807, 2.05) is 24.3 Å². The standard InChI is InChI=1S/2C14H14N4S.H2O/c2*1-9-4-5-11-12(7-9)18-14(17-11)19-8-10-3-2-6-16-13(10)15;/h2*2-7H,8H2,1H3,(H2,15,16)(H,17,18);1H2. The highest BCUT2D eigenvalue weighted by Gasteiger charge is 2.07. The molecule has 0 aliphatic rings. The lowest BCUT2D eigenvalue weighted by molar-refractivity contribution is 0.824. The minimum atomic E-state index is 0. The third kappa shape index (κ3) is 7.08. The number of hydrogen-bond acceptors (Lipinski definition) is 8. The molecular formula is C28H30N8OS2. The van der Waals surface area contributed by atoms with Crippen molar-refractivity contribution in [2.45, 2.75) is 35.7 Å². The minimum absolute atomic E-state index is 0. The van der Waals surface area contributed by atoms with Crippen LogP contribution >= 0.6 is 23.5 Å². The third-order valence-electron chi connectivity index (χ3n) is 5.81. The third-order valence-corrected chi connectivity index (χ3v) is 7.66. The molecule has 0 atom stereocenters. The van der Waals surface area contributed by atoms with E-state index in [9.17, 15) is 0 Å². The van der Waals surface area contributed by atoms with E-state index in [2.05, 4.69) is 80.1 Å². The summed E-state index contributed by atoms with van der Waals surface area (Å²) in [6, 6.07) is 20.2. The van der Waals surface area contributed by atoms with Crippen LogP contribution in [0.2, 0.25) is 0 Å². The summed E-state index contributed by atoms with van der Waals surface area (Å²) in [5.74, 6) is 2.70. The number of imidazole rings is 2. The van der Waals surface area contributed by atoms with Crippen LogP contribution in [0.25, 0.3) is 22.1 Å². The van der Waals surface area contributed by atoms with E-state index < -0.39 is 0 Å². The second kappa shape index (κ2) is 12.7. The van der Waals surface area contributed by atoms with E-state index in [1.54, 1.807) is 35.9 Å². The van der Waals surface area contributed by atoms with Crippen LogP contribution in [0.1, 0.15) is 22.3 Å². The van der Waals surface area contributed by atoms with Gasteiger partial charge in [0.15, 0.2) is 10.3 Å². The zero-order valence-electron chi connectivity index (χ0n) is 21.6. The summed E-state index contributed by atoms with van der Waals surface area (Å²) in [6.45, 7) is 4.13. The molecule has 0 unspecified atom stereocenters. The molecule has 4 aromatic heterocycles. The number of nitrogens with one attached hydrogen (secondary N) is 2. The SMILES string of the molecule is Cc1ccc2[nH]c(SCc3cccnc3N)nc2c1.Cc1ccc2[nH]c(SCc3cccnc3N)nc2c1.O. The lowest BCUT2D eigenvalue weighted by atomic mass is 10.2. The molecule has 0 bridgehead atoms. The monoisotopic (exact) mass is 558 g/mol. The normalized spacial score (nSPS) is 10.7. The molecule has 11 heteroatoms. The van der Waals surface area contributed by atoms with Crippen LogP contribution in [-0.2, 0) is 11.5 Å². The number of benzene rings is 2. The number of anilines is 2. The Morgan fingerprint density at radius 3 is 1.51 bits per heavy atom. The van der Waals surface area contributed by atoms with Gasteiger partial charge in [-0.2, -0.15) is 0 Å². The Hall–Kier alpha value is -4.06. The van der Waals surface area contributed by atoms with Crippen molar-refractivity contribution in [3.8, 4) is 0 Å². The number of aromatic nitrogens is 6. The first-order valence-corrected chi connectivity index (χ1v) is 14.0. The molecule has 39 heavy (non-hydrogen) atoms. The average molecular weight is 559 g/mol. The number of fused-ring (bicyclic) bond motifs is 2. The Morgan fingerprint density at radius 1 is 0.667 bits per heavy atom. The maximum Gasteiger partial charge on any atom is 0.166 e. The lowest BCUT2D eigenvalue weighted by Gasteiger charge is -2.01. The van der Waals surface area contributed by atoms with Crippen LogP contribution in [0.15, 0.2) is 83.4 Å². The molecule has 200 valence electrons. The van der Waals surface area contributed by atoms with Gasteiger partial charge in [0.2, 0.25) is 0 Å². The Morgan fingerprint density at radius 2 is 1.10 bits per heavy atom. The van der Waals surface area contributed by atoms with Gasteiger partial charge in [0, 0.05) is 35.0 Å². The molecule has 9 nitrogen and oxygen atoms in total. The zero-order chi connectivity index (χ0) is 26.5. The number of thioether (sulfide) groups is 2. The van der Waals surface area contributed by atoms with Crippen molar-refractivity contribution in [1.29, 1.82) is 0 Å². The second-order valence-electron chi connectivity index (χ2n) is 8.80. The van der Waals surface area contributed by atoms with Crippen molar-refractivity contribution >= 4 is 57.2 Å². The molecule has 0 aliphatic heterocycles.